The van der Waals surface area contributed by atoms with Crippen LogP contribution in [0.4, 0.5) is 0 Å². The Kier molecular flexibility index (Phi) is 3.24. The van der Waals surface area contributed by atoms with Crippen LogP contribution in [0, 0.1) is 6.92 Å². The van der Waals surface area contributed by atoms with Crippen LogP contribution in [-0.4, -0.2) is 10.3 Å². The van der Waals surface area contributed by atoms with E-state index in [1.54, 1.807) is 13.0 Å². The van der Waals surface area contributed by atoms with Crippen molar-refractivity contribution in [2.45, 2.75) is 20.1 Å². The fourth-order valence-corrected chi connectivity index (χ4v) is 1.26. The monoisotopic (exact) mass is 237 g/mol. The first kappa shape index (κ1) is 11.4. The first-order valence-electron chi connectivity index (χ1n) is 4.96. The predicted molar refractivity (Wildman–Crippen MR) is 56.5 cm³/mol. The van der Waals surface area contributed by atoms with E-state index < -0.39 is 0 Å². The van der Waals surface area contributed by atoms with Crippen LogP contribution < -0.4 is 10.2 Å². The lowest BCUT2D eigenvalue weighted by Gasteiger charge is -2.02. The molecule has 0 radical (unpaired) electrons. The summed E-state index contributed by atoms with van der Waals surface area (Å²) in [5.74, 6) is 0.780. The number of ether oxygens (including phenoxy) is 1. The van der Waals surface area contributed by atoms with E-state index in [1.807, 2.05) is 0 Å². The Labute approximate surface area is 96.4 Å². The van der Waals surface area contributed by atoms with Crippen LogP contribution in [0.2, 0.25) is 0 Å². The molecule has 2 heterocycles. The summed E-state index contributed by atoms with van der Waals surface area (Å²) >= 11 is 0. The second-order valence-electron chi connectivity index (χ2n) is 3.46. The molecule has 0 atom stereocenters. The second-order valence-corrected chi connectivity index (χ2v) is 3.46. The molecule has 0 aliphatic rings. The lowest BCUT2D eigenvalue weighted by atomic mass is 10.4. The van der Waals surface area contributed by atoms with Gasteiger partial charge in [-0.05, 0) is 6.92 Å². The number of rotatable bonds is 4. The second kappa shape index (κ2) is 4.84. The molecule has 0 aliphatic heterocycles. The summed E-state index contributed by atoms with van der Waals surface area (Å²) < 4.78 is 15.1. The van der Waals surface area contributed by atoms with Crippen molar-refractivity contribution in [2.24, 2.45) is 0 Å². The molecule has 90 valence electrons. The molecule has 17 heavy (non-hydrogen) atoms. The Balaban J connectivity index is 2.06. The van der Waals surface area contributed by atoms with Crippen LogP contribution in [0.15, 0.2) is 32.1 Å². The molecule has 0 aliphatic carbocycles. The highest BCUT2D eigenvalue weighted by molar-refractivity contribution is 5.17. The molecule has 0 amide bonds. The minimum absolute atomic E-state index is 0.0660. The maximum atomic E-state index is 11.5. The minimum Gasteiger partial charge on any atom is -0.478 e. The highest BCUT2D eigenvalue weighted by atomic mass is 16.5. The molecule has 0 unspecified atom stereocenters. The van der Waals surface area contributed by atoms with Crippen LogP contribution in [-0.2, 0) is 13.2 Å². The zero-order valence-electron chi connectivity index (χ0n) is 9.17. The highest BCUT2D eigenvalue weighted by Crippen LogP contribution is 2.09. The van der Waals surface area contributed by atoms with Gasteiger partial charge < -0.3 is 18.8 Å². The fraction of sp³-hybridized carbons (Fsp3) is 0.273. The summed E-state index contributed by atoms with van der Waals surface area (Å²) in [4.78, 5) is 11.5. The zero-order valence-corrected chi connectivity index (χ0v) is 9.17. The van der Waals surface area contributed by atoms with Gasteiger partial charge in [0.25, 0.3) is 0 Å². The van der Waals surface area contributed by atoms with Crippen LogP contribution in [0.1, 0.15) is 17.2 Å². The van der Waals surface area contributed by atoms with Gasteiger partial charge in [-0.2, -0.15) is 0 Å². The lowest BCUT2D eigenvalue weighted by molar-refractivity contribution is 0.225. The van der Waals surface area contributed by atoms with Crippen molar-refractivity contribution in [3.8, 4) is 5.75 Å². The normalized spacial score (nSPS) is 10.5. The molecule has 6 heteroatoms. The molecule has 6 nitrogen and oxygen atoms in total. The van der Waals surface area contributed by atoms with Crippen molar-refractivity contribution in [1.29, 1.82) is 0 Å². The highest BCUT2D eigenvalue weighted by Gasteiger charge is 2.06. The lowest BCUT2D eigenvalue weighted by Crippen LogP contribution is -2.07. The number of hydrogen-bond acceptors (Lipinski definition) is 6. The van der Waals surface area contributed by atoms with Gasteiger partial charge in [0.2, 0.25) is 11.2 Å². The van der Waals surface area contributed by atoms with Crippen molar-refractivity contribution in [3.63, 3.8) is 0 Å². The van der Waals surface area contributed by atoms with Gasteiger partial charge in [-0.1, -0.05) is 5.16 Å². The van der Waals surface area contributed by atoms with E-state index in [1.165, 1.54) is 6.07 Å². The Morgan fingerprint density at radius 2 is 2.24 bits per heavy atom. The molecular formula is C11H11NO5. The van der Waals surface area contributed by atoms with Crippen LogP contribution in [0.3, 0.4) is 0 Å². The smallest absolute Gasteiger partial charge is 0.227 e. The van der Waals surface area contributed by atoms with E-state index in [0.29, 0.717) is 5.76 Å². The number of hydrogen-bond donors (Lipinski definition) is 1. The van der Waals surface area contributed by atoms with Gasteiger partial charge in [-0.25, -0.2) is 0 Å². The first-order valence-corrected chi connectivity index (χ1v) is 4.96. The minimum atomic E-state index is -0.350. The van der Waals surface area contributed by atoms with Crippen molar-refractivity contribution in [2.75, 3.05) is 0 Å². The summed E-state index contributed by atoms with van der Waals surface area (Å²) in [6.45, 7) is 1.57. The Hall–Kier alpha value is -2.08. The molecule has 0 aromatic carbocycles. The third-order valence-corrected chi connectivity index (χ3v) is 2.05. The van der Waals surface area contributed by atoms with E-state index in [9.17, 15) is 4.79 Å². The summed E-state index contributed by atoms with van der Waals surface area (Å²) in [5.41, 5.74) is 0.391. The van der Waals surface area contributed by atoms with Crippen LogP contribution in [0.5, 0.6) is 5.75 Å². The molecule has 0 bridgehead atoms. The standard InChI is InChI=1S/C11H11NO5/c1-7-2-9(17-12-7)5-16-11-6-15-8(4-13)3-10(11)14/h2-3,6,13H,4-5H2,1H3. The third-order valence-electron chi connectivity index (χ3n) is 2.05. The molecule has 0 saturated heterocycles. The van der Waals surface area contributed by atoms with Gasteiger partial charge in [0.1, 0.15) is 25.2 Å². The number of aryl methyl sites for hydroxylation is 1. The molecule has 0 fully saturated rings. The average Bonchev–Trinajstić information content (AvgIpc) is 2.73. The van der Waals surface area contributed by atoms with E-state index in [-0.39, 0.29) is 30.2 Å². The summed E-state index contributed by atoms with van der Waals surface area (Å²) in [7, 11) is 0. The van der Waals surface area contributed by atoms with Gasteiger partial charge >= 0.3 is 0 Å². The van der Waals surface area contributed by atoms with E-state index >= 15 is 0 Å². The van der Waals surface area contributed by atoms with E-state index in [4.69, 9.17) is 18.8 Å². The maximum Gasteiger partial charge on any atom is 0.227 e. The van der Waals surface area contributed by atoms with Crippen LogP contribution in [0.25, 0.3) is 0 Å². The number of nitrogens with zero attached hydrogens (tertiary/aromatic N) is 1. The molecule has 1 N–H and O–H groups in total. The van der Waals surface area contributed by atoms with E-state index in [0.717, 1.165) is 12.0 Å². The largest absolute Gasteiger partial charge is 0.478 e. The Bertz CT molecular complexity index is 557. The molecule has 0 saturated carbocycles. The maximum absolute atomic E-state index is 11.5. The number of aromatic nitrogens is 1. The third kappa shape index (κ3) is 2.73. The van der Waals surface area contributed by atoms with Gasteiger partial charge in [0, 0.05) is 12.1 Å². The van der Waals surface area contributed by atoms with Crippen molar-refractivity contribution in [3.05, 3.63) is 45.8 Å². The molecule has 0 spiro atoms. The fourth-order valence-electron chi connectivity index (χ4n) is 1.26. The van der Waals surface area contributed by atoms with Gasteiger partial charge in [0.15, 0.2) is 5.76 Å². The van der Waals surface area contributed by atoms with Gasteiger partial charge in [-0.3, -0.25) is 4.79 Å². The average molecular weight is 237 g/mol. The first-order chi connectivity index (χ1) is 8.19. The van der Waals surface area contributed by atoms with Crippen molar-refractivity contribution < 1.29 is 18.8 Å². The van der Waals surface area contributed by atoms with Gasteiger partial charge in [0.05, 0.1) is 5.69 Å². The van der Waals surface area contributed by atoms with Crippen molar-refractivity contribution >= 4 is 0 Å². The molecule has 2 rings (SSSR count). The summed E-state index contributed by atoms with van der Waals surface area (Å²) in [6.07, 6.45) is 1.16. The van der Waals surface area contributed by atoms with Crippen LogP contribution >= 0.6 is 0 Å². The SMILES string of the molecule is Cc1cc(COc2coc(CO)cc2=O)on1. The summed E-state index contributed by atoms with van der Waals surface area (Å²) in [5, 5.41) is 12.5. The summed E-state index contributed by atoms with van der Waals surface area (Å²) in [6, 6.07) is 2.89. The molecule has 2 aromatic rings. The topological polar surface area (TPSA) is 85.7 Å². The molecule has 2 aromatic heterocycles. The molecular weight excluding hydrogens is 226 g/mol. The van der Waals surface area contributed by atoms with Gasteiger partial charge in [-0.15, -0.1) is 0 Å². The van der Waals surface area contributed by atoms with E-state index in [2.05, 4.69) is 5.16 Å². The van der Waals surface area contributed by atoms with Crippen molar-refractivity contribution in [1.82, 2.24) is 5.16 Å². The Morgan fingerprint density at radius 3 is 2.82 bits per heavy atom. The number of aliphatic hydroxyl groups is 1. The quantitative estimate of drug-likeness (QED) is 0.853. The Morgan fingerprint density at radius 1 is 1.41 bits per heavy atom. The number of aliphatic hydroxyl groups excluding tert-OH is 1. The predicted octanol–water partition coefficient (Wildman–Crippen LogP) is 1.01. The zero-order chi connectivity index (χ0) is 12.3.